The third-order valence-electron chi connectivity index (χ3n) is 5.78. The minimum atomic E-state index is -0.969. The van der Waals surface area contributed by atoms with E-state index in [2.05, 4.69) is 41.7 Å². The first-order valence-corrected chi connectivity index (χ1v) is 11.3. The van der Waals surface area contributed by atoms with Crippen LogP contribution in [0.25, 0.3) is 11.1 Å². The zero-order chi connectivity index (χ0) is 24.5. The molecule has 0 aliphatic heterocycles. The van der Waals surface area contributed by atoms with Crippen LogP contribution >= 0.6 is 0 Å². The first-order chi connectivity index (χ1) is 16.3. The van der Waals surface area contributed by atoms with Crippen molar-refractivity contribution >= 4 is 17.8 Å². The largest absolute Gasteiger partial charge is 0.481 e. The summed E-state index contributed by atoms with van der Waals surface area (Å²) < 4.78 is 0. The quantitative estimate of drug-likeness (QED) is 0.381. The van der Waals surface area contributed by atoms with Crippen molar-refractivity contribution in [3.8, 4) is 11.1 Å². The fraction of sp³-hybridized carbons (Fsp3) is 0.250. The van der Waals surface area contributed by atoms with Gasteiger partial charge in [-0.1, -0.05) is 73.7 Å². The third-order valence-corrected chi connectivity index (χ3v) is 5.78. The molecule has 0 bridgehead atoms. The monoisotopic (exact) mass is 459 g/mol. The normalized spacial score (nSPS) is 12.5. The fourth-order valence-corrected chi connectivity index (χ4v) is 3.88. The summed E-state index contributed by atoms with van der Waals surface area (Å²) in [5, 5.41) is 21.3. The average Bonchev–Trinajstić information content (AvgIpc) is 2.83. The van der Waals surface area contributed by atoms with Gasteiger partial charge in [0.15, 0.2) is 0 Å². The Kier molecular flexibility index (Phi) is 8.57. The van der Waals surface area contributed by atoms with Gasteiger partial charge in [-0.15, -0.1) is 0 Å². The molecule has 1 amide bonds. The summed E-state index contributed by atoms with van der Waals surface area (Å²) in [5.41, 5.74) is 4.26. The standard InChI is InChI=1S/C28H29NO5/c1-19(28(33)34)16-25(29-27(32)24-9-5-6-21(17-24)18-26(30)31)15-12-20-10-13-23(14-11-20)22-7-3-2-4-8-22/h2-11,13-14,17,19,25H,12,15-16,18H2,1H3,(H,29,32)(H,30,31)(H,33,34). The van der Waals surface area contributed by atoms with Crippen LogP contribution in [0.1, 0.15) is 41.3 Å². The number of nitrogens with one attached hydrogen (secondary N) is 1. The van der Waals surface area contributed by atoms with E-state index in [0.717, 1.165) is 16.7 Å². The second-order valence-corrected chi connectivity index (χ2v) is 8.52. The minimum Gasteiger partial charge on any atom is -0.481 e. The number of benzene rings is 3. The van der Waals surface area contributed by atoms with Gasteiger partial charge in [0.05, 0.1) is 12.3 Å². The van der Waals surface area contributed by atoms with E-state index in [1.807, 2.05) is 18.2 Å². The number of aryl methyl sites for hydroxylation is 1. The molecule has 3 rings (SSSR count). The molecular weight excluding hydrogens is 430 g/mol. The zero-order valence-electron chi connectivity index (χ0n) is 19.1. The number of hydrogen-bond donors (Lipinski definition) is 3. The van der Waals surface area contributed by atoms with Crippen molar-refractivity contribution in [3.05, 3.63) is 95.6 Å². The molecule has 3 aromatic carbocycles. The van der Waals surface area contributed by atoms with Gasteiger partial charge in [-0.25, -0.2) is 0 Å². The van der Waals surface area contributed by atoms with Gasteiger partial charge in [0.2, 0.25) is 0 Å². The van der Waals surface area contributed by atoms with Gasteiger partial charge in [0.25, 0.3) is 5.91 Å². The highest BCUT2D eigenvalue weighted by Gasteiger charge is 2.21. The average molecular weight is 460 g/mol. The summed E-state index contributed by atoms with van der Waals surface area (Å²) in [5.74, 6) is -2.82. The Hall–Kier alpha value is -3.93. The summed E-state index contributed by atoms with van der Waals surface area (Å²) in [6.45, 7) is 1.63. The topological polar surface area (TPSA) is 104 Å². The Morgan fingerprint density at radius 3 is 2.15 bits per heavy atom. The van der Waals surface area contributed by atoms with Crippen LogP contribution in [0.5, 0.6) is 0 Å². The number of carboxylic acids is 2. The molecule has 3 N–H and O–H groups in total. The van der Waals surface area contributed by atoms with Gasteiger partial charge >= 0.3 is 11.9 Å². The van der Waals surface area contributed by atoms with Gasteiger partial charge in [-0.3, -0.25) is 14.4 Å². The lowest BCUT2D eigenvalue weighted by Crippen LogP contribution is -2.37. The number of carbonyl (C=O) groups excluding carboxylic acids is 1. The van der Waals surface area contributed by atoms with E-state index in [0.29, 0.717) is 30.4 Å². The molecule has 2 atom stereocenters. The van der Waals surface area contributed by atoms with Crippen LogP contribution in [0.3, 0.4) is 0 Å². The molecule has 0 aromatic heterocycles. The lowest BCUT2D eigenvalue weighted by Gasteiger charge is -2.21. The smallest absolute Gasteiger partial charge is 0.307 e. The molecule has 0 spiro atoms. The third kappa shape index (κ3) is 7.30. The molecule has 176 valence electrons. The van der Waals surface area contributed by atoms with Gasteiger partial charge < -0.3 is 15.5 Å². The van der Waals surface area contributed by atoms with Crippen molar-refractivity contribution in [3.63, 3.8) is 0 Å². The second-order valence-electron chi connectivity index (χ2n) is 8.52. The molecule has 0 aliphatic carbocycles. The Bertz CT molecular complexity index is 1130. The lowest BCUT2D eigenvalue weighted by molar-refractivity contribution is -0.141. The molecule has 6 nitrogen and oxygen atoms in total. The van der Waals surface area contributed by atoms with Crippen molar-refractivity contribution in [2.75, 3.05) is 0 Å². The maximum atomic E-state index is 12.9. The molecule has 0 saturated carbocycles. The van der Waals surface area contributed by atoms with Gasteiger partial charge in [0, 0.05) is 11.6 Å². The van der Waals surface area contributed by atoms with E-state index in [-0.39, 0.29) is 18.4 Å². The van der Waals surface area contributed by atoms with Crippen molar-refractivity contribution in [2.24, 2.45) is 5.92 Å². The molecular formula is C28H29NO5. The predicted molar refractivity (Wildman–Crippen MR) is 131 cm³/mol. The highest BCUT2D eigenvalue weighted by atomic mass is 16.4. The van der Waals surface area contributed by atoms with E-state index < -0.39 is 17.9 Å². The number of carbonyl (C=O) groups is 3. The molecule has 6 heteroatoms. The van der Waals surface area contributed by atoms with E-state index in [1.165, 1.54) is 0 Å². The molecule has 2 unspecified atom stereocenters. The molecule has 0 heterocycles. The Labute approximate surface area is 199 Å². The first kappa shape index (κ1) is 24.7. The van der Waals surface area contributed by atoms with E-state index in [9.17, 15) is 19.5 Å². The van der Waals surface area contributed by atoms with Crippen LogP contribution < -0.4 is 5.32 Å². The molecule has 0 saturated heterocycles. The van der Waals surface area contributed by atoms with E-state index in [4.69, 9.17) is 5.11 Å². The molecule has 0 fully saturated rings. The summed E-state index contributed by atoms with van der Waals surface area (Å²) >= 11 is 0. The zero-order valence-corrected chi connectivity index (χ0v) is 19.1. The molecule has 3 aromatic rings. The predicted octanol–water partition coefficient (Wildman–Crippen LogP) is 4.82. The van der Waals surface area contributed by atoms with Crippen molar-refractivity contribution in [2.45, 2.75) is 38.6 Å². The Balaban J connectivity index is 1.68. The maximum absolute atomic E-state index is 12.9. The molecule has 0 aliphatic rings. The molecule has 34 heavy (non-hydrogen) atoms. The van der Waals surface area contributed by atoms with Crippen LogP contribution in [0, 0.1) is 5.92 Å². The van der Waals surface area contributed by atoms with Crippen LogP contribution in [0.15, 0.2) is 78.9 Å². The minimum absolute atomic E-state index is 0.167. The van der Waals surface area contributed by atoms with E-state index >= 15 is 0 Å². The SMILES string of the molecule is CC(CC(CCc1ccc(-c2ccccc2)cc1)NC(=O)c1cccc(CC(=O)O)c1)C(=O)O. The number of amides is 1. The second kappa shape index (κ2) is 11.8. The Morgan fingerprint density at radius 2 is 1.50 bits per heavy atom. The fourth-order valence-electron chi connectivity index (χ4n) is 3.88. The van der Waals surface area contributed by atoms with Crippen LogP contribution in [0.2, 0.25) is 0 Å². The van der Waals surface area contributed by atoms with Gasteiger partial charge in [-0.2, -0.15) is 0 Å². The van der Waals surface area contributed by atoms with Crippen molar-refractivity contribution in [1.29, 1.82) is 0 Å². The van der Waals surface area contributed by atoms with Gasteiger partial charge in [-0.05, 0) is 53.6 Å². The van der Waals surface area contributed by atoms with Crippen molar-refractivity contribution in [1.82, 2.24) is 5.32 Å². The Morgan fingerprint density at radius 1 is 0.824 bits per heavy atom. The number of rotatable bonds is 11. The van der Waals surface area contributed by atoms with Crippen LogP contribution in [-0.2, 0) is 22.4 Å². The maximum Gasteiger partial charge on any atom is 0.307 e. The van der Waals surface area contributed by atoms with E-state index in [1.54, 1.807) is 31.2 Å². The number of hydrogen-bond acceptors (Lipinski definition) is 3. The highest BCUT2D eigenvalue weighted by Crippen LogP contribution is 2.21. The molecule has 0 radical (unpaired) electrons. The van der Waals surface area contributed by atoms with Crippen molar-refractivity contribution < 1.29 is 24.6 Å². The summed E-state index contributed by atoms with van der Waals surface area (Å²) in [4.78, 5) is 35.2. The van der Waals surface area contributed by atoms with Crippen LogP contribution in [0.4, 0.5) is 0 Å². The number of carboxylic acid groups (broad SMARTS) is 2. The summed E-state index contributed by atoms with van der Waals surface area (Å²) in [6.07, 6.45) is 1.41. The van der Waals surface area contributed by atoms with Crippen LogP contribution in [-0.4, -0.2) is 34.1 Å². The summed E-state index contributed by atoms with van der Waals surface area (Å²) in [6, 6.07) is 24.5. The summed E-state index contributed by atoms with van der Waals surface area (Å²) in [7, 11) is 0. The first-order valence-electron chi connectivity index (χ1n) is 11.3. The van der Waals surface area contributed by atoms with Gasteiger partial charge in [0.1, 0.15) is 0 Å². The highest BCUT2D eigenvalue weighted by molar-refractivity contribution is 5.94. The number of aliphatic carboxylic acids is 2. The lowest BCUT2D eigenvalue weighted by atomic mass is 9.95.